The van der Waals surface area contributed by atoms with Crippen molar-refractivity contribution in [3.63, 3.8) is 0 Å². The maximum atomic E-state index is 11.8. The molecule has 0 N–H and O–H groups in total. The van der Waals surface area contributed by atoms with Gasteiger partial charge in [-0.1, -0.05) is 72.3 Å². The zero-order chi connectivity index (χ0) is 21.9. The van der Waals surface area contributed by atoms with E-state index in [1.807, 2.05) is 12.1 Å². The topological polar surface area (TPSA) is 42.4 Å². The van der Waals surface area contributed by atoms with E-state index in [-0.39, 0.29) is 0 Å². The molecule has 2 aliphatic rings. The van der Waals surface area contributed by atoms with E-state index in [9.17, 15) is 4.79 Å². The number of hydrogen-bond acceptors (Lipinski definition) is 4. The lowest BCUT2D eigenvalue weighted by atomic mass is 9.86. The van der Waals surface area contributed by atoms with E-state index in [2.05, 4.69) is 70.6 Å². The van der Waals surface area contributed by atoms with E-state index in [0.29, 0.717) is 5.69 Å². The summed E-state index contributed by atoms with van der Waals surface area (Å²) in [6.07, 6.45) is 6.51. The van der Waals surface area contributed by atoms with Crippen LogP contribution in [0, 0.1) is 0 Å². The molecule has 1 fully saturated rings. The van der Waals surface area contributed by atoms with Crippen LogP contribution >= 0.6 is 0 Å². The van der Waals surface area contributed by atoms with Gasteiger partial charge in [0, 0.05) is 19.6 Å². The van der Waals surface area contributed by atoms with E-state index in [0.717, 1.165) is 38.2 Å². The van der Waals surface area contributed by atoms with Crippen LogP contribution in [-0.2, 0) is 11.3 Å². The van der Waals surface area contributed by atoms with Crippen molar-refractivity contribution in [2.24, 2.45) is 0 Å². The van der Waals surface area contributed by atoms with Crippen LogP contribution in [0.2, 0.25) is 0 Å². The predicted molar refractivity (Wildman–Crippen MR) is 128 cm³/mol. The number of benzene rings is 2. The van der Waals surface area contributed by atoms with Crippen molar-refractivity contribution in [1.82, 2.24) is 9.88 Å². The summed E-state index contributed by atoms with van der Waals surface area (Å²) in [5.74, 6) is -0.392. The number of carbonyl (C=O) groups is 1. The van der Waals surface area contributed by atoms with Crippen molar-refractivity contribution >= 4 is 23.7 Å². The smallest absolute Gasteiger partial charge is 0.356 e. The molecule has 5 rings (SSSR count). The van der Waals surface area contributed by atoms with Gasteiger partial charge in [0.2, 0.25) is 0 Å². The Kier molecular flexibility index (Phi) is 5.70. The zero-order valence-corrected chi connectivity index (χ0v) is 18.3. The van der Waals surface area contributed by atoms with Gasteiger partial charge in [-0.05, 0) is 52.8 Å². The summed E-state index contributed by atoms with van der Waals surface area (Å²) in [4.78, 5) is 18.7. The molecule has 2 heterocycles. The minimum atomic E-state index is -0.392. The first-order valence-corrected chi connectivity index (χ1v) is 11.1. The van der Waals surface area contributed by atoms with Crippen LogP contribution < -0.4 is 0 Å². The molecule has 0 amide bonds. The number of ether oxygens (including phenoxy) is 1. The second-order valence-corrected chi connectivity index (χ2v) is 8.27. The molecule has 4 nitrogen and oxygen atoms in total. The van der Waals surface area contributed by atoms with Crippen molar-refractivity contribution in [1.29, 1.82) is 0 Å². The highest BCUT2D eigenvalue weighted by Gasteiger charge is 2.23. The number of piperidine rings is 1. The molecule has 2 aromatic carbocycles. The first-order chi connectivity index (χ1) is 15.7. The standard InChI is InChI=1S/C28H26N2O2/c1-32-28(31)26-12-6-9-23(29-26)19-30-17-15-22(16-18-30)27-24-10-4-2-7-20(24)13-14-21-8-3-5-11-25(21)27/h2-14H,15-19H2,1H3. The van der Waals surface area contributed by atoms with E-state index in [1.54, 1.807) is 6.07 Å². The molecule has 1 aliphatic carbocycles. The fraction of sp³-hybridized carbons (Fsp3) is 0.214. The molecule has 0 bridgehead atoms. The van der Waals surface area contributed by atoms with Crippen LogP contribution in [0.5, 0.6) is 0 Å². The third-order valence-corrected chi connectivity index (χ3v) is 6.30. The SMILES string of the molecule is COC(=O)c1cccc(CN2CCC(=C3c4ccccc4C=Cc4ccccc43)CC2)n1. The summed E-state index contributed by atoms with van der Waals surface area (Å²) in [6, 6.07) is 22.9. The van der Waals surface area contributed by atoms with Crippen molar-refractivity contribution in [2.75, 3.05) is 20.2 Å². The molecule has 0 saturated carbocycles. The van der Waals surface area contributed by atoms with Crippen LogP contribution in [0.1, 0.15) is 51.3 Å². The zero-order valence-electron chi connectivity index (χ0n) is 18.3. The Morgan fingerprint density at radius 3 is 2.12 bits per heavy atom. The van der Waals surface area contributed by atoms with Gasteiger partial charge in [-0.2, -0.15) is 0 Å². The fourth-order valence-electron chi connectivity index (χ4n) is 4.69. The molecule has 1 aliphatic heterocycles. The molecule has 1 saturated heterocycles. The van der Waals surface area contributed by atoms with E-state index in [1.165, 1.54) is 40.5 Å². The maximum absolute atomic E-state index is 11.8. The van der Waals surface area contributed by atoms with Gasteiger partial charge in [0.05, 0.1) is 12.8 Å². The molecule has 32 heavy (non-hydrogen) atoms. The number of hydrogen-bond donors (Lipinski definition) is 0. The highest BCUT2D eigenvalue weighted by atomic mass is 16.5. The Bertz CT molecular complexity index is 1160. The van der Waals surface area contributed by atoms with Crippen molar-refractivity contribution in [2.45, 2.75) is 19.4 Å². The number of likely N-dealkylation sites (tertiary alicyclic amines) is 1. The minimum Gasteiger partial charge on any atom is -0.464 e. The van der Waals surface area contributed by atoms with Gasteiger partial charge < -0.3 is 4.74 Å². The van der Waals surface area contributed by atoms with Gasteiger partial charge in [-0.25, -0.2) is 9.78 Å². The number of aromatic nitrogens is 1. The summed E-state index contributed by atoms with van der Waals surface area (Å²) >= 11 is 0. The quantitative estimate of drug-likeness (QED) is 0.412. The number of fused-ring (bicyclic) bond motifs is 2. The minimum absolute atomic E-state index is 0.365. The van der Waals surface area contributed by atoms with Gasteiger partial charge in [0.15, 0.2) is 0 Å². The van der Waals surface area contributed by atoms with Gasteiger partial charge >= 0.3 is 5.97 Å². The highest BCUT2D eigenvalue weighted by Crippen LogP contribution is 2.38. The Labute approximate surface area is 188 Å². The van der Waals surface area contributed by atoms with Gasteiger partial charge in [0.25, 0.3) is 0 Å². The van der Waals surface area contributed by atoms with E-state index < -0.39 is 5.97 Å². The van der Waals surface area contributed by atoms with Crippen molar-refractivity contribution < 1.29 is 9.53 Å². The van der Waals surface area contributed by atoms with Gasteiger partial charge in [0.1, 0.15) is 5.69 Å². The third kappa shape index (κ3) is 4.02. The molecular weight excluding hydrogens is 396 g/mol. The molecule has 4 heteroatoms. The molecule has 160 valence electrons. The number of pyridine rings is 1. The van der Waals surface area contributed by atoms with Gasteiger partial charge in [-0.15, -0.1) is 0 Å². The summed E-state index contributed by atoms with van der Waals surface area (Å²) in [7, 11) is 1.38. The van der Waals surface area contributed by atoms with Crippen LogP contribution in [0.4, 0.5) is 0 Å². The molecular formula is C28H26N2O2. The summed E-state index contributed by atoms with van der Waals surface area (Å²) < 4.78 is 4.80. The molecule has 0 radical (unpaired) electrons. The number of methoxy groups -OCH3 is 1. The lowest BCUT2D eigenvalue weighted by Gasteiger charge is -2.30. The molecule has 0 unspecified atom stereocenters. The molecule has 1 aromatic heterocycles. The predicted octanol–water partition coefficient (Wildman–Crippen LogP) is 5.45. The number of carbonyl (C=O) groups excluding carboxylic acids is 1. The van der Waals surface area contributed by atoms with Gasteiger partial charge in [-0.3, -0.25) is 4.90 Å². The Hall–Kier alpha value is -3.50. The first kappa shape index (κ1) is 20.4. The summed E-state index contributed by atoms with van der Waals surface area (Å²) in [5, 5.41) is 0. The lowest BCUT2D eigenvalue weighted by Crippen LogP contribution is -2.31. The van der Waals surface area contributed by atoms with E-state index in [4.69, 9.17) is 4.74 Å². The first-order valence-electron chi connectivity index (χ1n) is 11.1. The second kappa shape index (κ2) is 8.93. The van der Waals surface area contributed by atoms with Crippen molar-refractivity contribution in [3.8, 4) is 0 Å². The third-order valence-electron chi connectivity index (χ3n) is 6.30. The van der Waals surface area contributed by atoms with Crippen LogP contribution in [0.15, 0.2) is 72.3 Å². The Balaban J connectivity index is 1.41. The maximum Gasteiger partial charge on any atom is 0.356 e. The van der Waals surface area contributed by atoms with Crippen LogP contribution in [0.25, 0.3) is 17.7 Å². The lowest BCUT2D eigenvalue weighted by molar-refractivity contribution is 0.0593. The normalized spacial score (nSPS) is 15.7. The second-order valence-electron chi connectivity index (χ2n) is 8.27. The fourth-order valence-corrected chi connectivity index (χ4v) is 4.69. The average molecular weight is 423 g/mol. The monoisotopic (exact) mass is 422 g/mol. The van der Waals surface area contributed by atoms with Crippen LogP contribution in [0.3, 0.4) is 0 Å². The van der Waals surface area contributed by atoms with Crippen LogP contribution in [-0.4, -0.2) is 36.1 Å². The van der Waals surface area contributed by atoms with Crippen molar-refractivity contribution in [3.05, 3.63) is 106 Å². The Morgan fingerprint density at radius 2 is 1.50 bits per heavy atom. The van der Waals surface area contributed by atoms with E-state index >= 15 is 0 Å². The largest absolute Gasteiger partial charge is 0.464 e. The highest BCUT2D eigenvalue weighted by molar-refractivity contribution is 5.95. The Morgan fingerprint density at radius 1 is 0.875 bits per heavy atom. The average Bonchev–Trinajstić information content (AvgIpc) is 3.01. The number of nitrogens with zero attached hydrogens (tertiary/aromatic N) is 2. The molecule has 3 aromatic rings. The summed E-state index contributed by atoms with van der Waals surface area (Å²) in [6.45, 7) is 2.68. The number of esters is 1. The summed E-state index contributed by atoms with van der Waals surface area (Å²) in [5.41, 5.74) is 9.37. The molecule has 0 spiro atoms. The number of rotatable bonds is 3. The molecule has 0 atom stereocenters.